The molecular weight excluding hydrogens is 578 g/mol. The molecule has 45 heavy (non-hydrogen) atoms. The van der Waals surface area contributed by atoms with E-state index in [-0.39, 0.29) is 45.6 Å². The van der Waals surface area contributed by atoms with Gasteiger partial charge in [-0.3, -0.25) is 14.4 Å². The highest BCUT2D eigenvalue weighted by molar-refractivity contribution is 6.12. The summed E-state index contributed by atoms with van der Waals surface area (Å²) in [6.07, 6.45) is 0.229. The van der Waals surface area contributed by atoms with Gasteiger partial charge in [0.2, 0.25) is 0 Å². The molecule has 3 aromatic carbocycles. The Bertz CT molecular complexity index is 1760. The Morgan fingerprint density at radius 1 is 0.867 bits per heavy atom. The molecule has 236 valence electrons. The van der Waals surface area contributed by atoms with Gasteiger partial charge in [0.1, 0.15) is 11.2 Å². The number of hydrogen-bond donors (Lipinski definition) is 2. The first-order chi connectivity index (χ1) is 21.4. The van der Waals surface area contributed by atoms with Gasteiger partial charge in [-0.25, -0.2) is 4.79 Å². The average Bonchev–Trinajstić information content (AvgIpc) is 3.00. The number of carbonyl (C=O) groups excluding carboxylic acids is 3. The lowest BCUT2D eigenvalue weighted by Gasteiger charge is -2.26. The average molecular weight is 616 g/mol. The van der Waals surface area contributed by atoms with Crippen molar-refractivity contribution in [3.8, 4) is 11.5 Å². The summed E-state index contributed by atoms with van der Waals surface area (Å²) in [7, 11) is 2.86. The predicted octanol–water partition coefficient (Wildman–Crippen LogP) is 6.11. The zero-order valence-corrected chi connectivity index (χ0v) is 26.2. The summed E-state index contributed by atoms with van der Waals surface area (Å²) in [5.74, 6) is -0.916. The highest BCUT2D eigenvalue weighted by Crippen LogP contribution is 2.34. The molecule has 0 saturated heterocycles. The number of benzene rings is 3. The summed E-state index contributed by atoms with van der Waals surface area (Å²) in [5.41, 5.74) is 0.988. The summed E-state index contributed by atoms with van der Waals surface area (Å²) in [6.45, 7) is 8.37. The SMILES string of the molecule is CCN(CCc1ccc(NC(=O)c2cc(OC)c(OC)cc2NC(=O)c2cc(=O)c3ccccc3o2)cc1)C(=O)OC(C)(C)C. The maximum atomic E-state index is 13.5. The second kappa shape index (κ2) is 14.0. The van der Waals surface area contributed by atoms with E-state index in [0.29, 0.717) is 30.6 Å². The van der Waals surface area contributed by atoms with Gasteiger partial charge >= 0.3 is 6.09 Å². The molecule has 0 unspecified atom stereocenters. The van der Waals surface area contributed by atoms with Gasteiger partial charge in [0.05, 0.1) is 30.9 Å². The van der Waals surface area contributed by atoms with Gasteiger partial charge in [0.15, 0.2) is 22.7 Å². The number of nitrogens with one attached hydrogen (secondary N) is 2. The Kier molecular flexibility index (Phi) is 10.1. The Morgan fingerprint density at radius 3 is 2.18 bits per heavy atom. The first-order valence-corrected chi connectivity index (χ1v) is 14.4. The normalized spacial score (nSPS) is 11.1. The van der Waals surface area contributed by atoms with Crippen LogP contribution in [0.1, 0.15) is 54.2 Å². The molecule has 11 nitrogen and oxygen atoms in total. The molecule has 2 N–H and O–H groups in total. The molecule has 0 atom stereocenters. The second-order valence-electron chi connectivity index (χ2n) is 11.1. The lowest BCUT2D eigenvalue weighted by atomic mass is 10.1. The quantitative estimate of drug-likeness (QED) is 0.218. The number of ether oxygens (including phenoxy) is 3. The van der Waals surface area contributed by atoms with Crippen LogP contribution in [0, 0.1) is 0 Å². The maximum absolute atomic E-state index is 13.5. The third-order valence-corrected chi connectivity index (χ3v) is 6.79. The number of amides is 3. The van der Waals surface area contributed by atoms with Crippen LogP contribution in [0.3, 0.4) is 0 Å². The van der Waals surface area contributed by atoms with E-state index in [0.717, 1.165) is 11.6 Å². The van der Waals surface area contributed by atoms with Crippen LogP contribution in [0.2, 0.25) is 0 Å². The summed E-state index contributed by atoms with van der Waals surface area (Å²) in [4.78, 5) is 53.3. The number of likely N-dealkylation sites (N-methyl/N-ethyl adjacent to an activating group) is 1. The van der Waals surface area contributed by atoms with E-state index in [9.17, 15) is 19.2 Å². The second-order valence-corrected chi connectivity index (χ2v) is 11.1. The fourth-order valence-electron chi connectivity index (χ4n) is 4.49. The van der Waals surface area contributed by atoms with E-state index >= 15 is 0 Å². The molecule has 4 aromatic rings. The molecule has 3 amide bonds. The van der Waals surface area contributed by atoms with Gasteiger partial charge in [-0.05, 0) is 70.0 Å². The summed E-state index contributed by atoms with van der Waals surface area (Å²) in [6, 6.07) is 17.8. The minimum atomic E-state index is -0.726. The zero-order chi connectivity index (χ0) is 32.7. The number of nitrogens with zero attached hydrogens (tertiary/aromatic N) is 1. The van der Waals surface area contributed by atoms with Crippen LogP contribution in [0.4, 0.5) is 16.2 Å². The number of anilines is 2. The maximum Gasteiger partial charge on any atom is 0.410 e. The van der Waals surface area contributed by atoms with Crippen molar-refractivity contribution >= 4 is 40.3 Å². The lowest BCUT2D eigenvalue weighted by molar-refractivity contribution is 0.0262. The van der Waals surface area contributed by atoms with Crippen molar-refractivity contribution in [3.05, 3.63) is 93.8 Å². The first kappa shape index (κ1) is 32.6. The Hall–Kier alpha value is -5.32. The monoisotopic (exact) mass is 615 g/mol. The van der Waals surface area contributed by atoms with Crippen LogP contribution >= 0.6 is 0 Å². The molecule has 0 aliphatic rings. The van der Waals surface area contributed by atoms with Crippen molar-refractivity contribution in [2.75, 3.05) is 37.9 Å². The van der Waals surface area contributed by atoms with Crippen molar-refractivity contribution in [3.63, 3.8) is 0 Å². The van der Waals surface area contributed by atoms with E-state index in [4.69, 9.17) is 18.6 Å². The number of methoxy groups -OCH3 is 2. The van der Waals surface area contributed by atoms with Crippen molar-refractivity contribution in [2.24, 2.45) is 0 Å². The third-order valence-electron chi connectivity index (χ3n) is 6.79. The number of rotatable bonds is 10. The fraction of sp³-hybridized carbons (Fsp3) is 0.294. The molecule has 1 heterocycles. The van der Waals surface area contributed by atoms with Crippen molar-refractivity contribution < 1.29 is 33.0 Å². The van der Waals surface area contributed by atoms with Crippen LogP contribution < -0.4 is 25.5 Å². The van der Waals surface area contributed by atoms with Gasteiger partial charge in [0.25, 0.3) is 11.8 Å². The van der Waals surface area contributed by atoms with E-state index in [2.05, 4.69) is 10.6 Å². The zero-order valence-electron chi connectivity index (χ0n) is 26.2. The number of carbonyl (C=O) groups is 3. The highest BCUT2D eigenvalue weighted by atomic mass is 16.6. The smallest absolute Gasteiger partial charge is 0.410 e. The minimum Gasteiger partial charge on any atom is -0.493 e. The Labute approximate surface area is 261 Å². The van der Waals surface area contributed by atoms with Crippen molar-refractivity contribution in [1.29, 1.82) is 0 Å². The van der Waals surface area contributed by atoms with Crippen LogP contribution in [-0.2, 0) is 11.2 Å². The summed E-state index contributed by atoms with van der Waals surface area (Å²) < 4.78 is 21.9. The van der Waals surface area contributed by atoms with Gasteiger partial charge in [0, 0.05) is 30.9 Å². The largest absolute Gasteiger partial charge is 0.493 e. The van der Waals surface area contributed by atoms with Crippen LogP contribution in [0.15, 0.2) is 75.9 Å². The number of para-hydroxylation sites is 1. The van der Waals surface area contributed by atoms with Gasteiger partial charge in [-0.2, -0.15) is 0 Å². The third kappa shape index (κ3) is 8.20. The highest BCUT2D eigenvalue weighted by Gasteiger charge is 2.22. The van der Waals surface area contributed by atoms with Gasteiger partial charge in [-0.1, -0.05) is 24.3 Å². The molecule has 11 heteroatoms. The molecule has 0 fully saturated rings. The molecule has 0 radical (unpaired) electrons. The molecule has 0 aliphatic carbocycles. The predicted molar refractivity (Wildman–Crippen MR) is 172 cm³/mol. The topological polar surface area (TPSA) is 136 Å². The molecule has 0 bridgehead atoms. The Morgan fingerprint density at radius 2 is 1.53 bits per heavy atom. The van der Waals surface area contributed by atoms with E-state index in [1.165, 1.54) is 26.4 Å². The van der Waals surface area contributed by atoms with Crippen LogP contribution in [0.5, 0.6) is 11.5 Å². The van der Waals surface area contributed by atoms with Gasteiger partial charge < -0.3 is 34.2 Å². The standard InChI is InChI=1S/C34H37N3O8/c1-7-37(33(41)45-34(2,3)4)17-16-21-12-14-22(15-13-21)35-31(39)24-18-28(42-5)29(43-6)19-25(24)36-32(40)30-20-26(38)23-10-8-9-11-27(23)44-30/h8-15,18-20H,7,16-17H2,1-6H3,(H,35,39)(H,36,40). The van der Waals surface area contributed by atoms with E-state index < -0.39 is 17.4 Å². The lowest BCUT2D eigenvalue weighted by Crippen LogP contribution is -2.37. The fourth-order valence-corrected chi connectivity index (χ4v) is 4.49. The molecule has 4 rings (SSSR count). The van der Waals surface area contributed by atoms with Crippen LogP contribution in [-0.4, -0.2) is 55.7 Å². The summed E-state index contributed by atoms with van der Waals surface area (Å²) >= 11 is 0. The molecule has 1 aromatic heterocycles. The van der Waals surface area contributed by atoms with Crippen molar-refractivity contribution in [1.82, 2.24) is 4.90 Å². The van der Waals surface area contributed by atoms with E-state index in [1.807, 2.05) is 39.8 Å². The van der Waals surface area contributed by atoms with E-state index in [1.54, 1.807) is 41.3 Å². The van der Waals surface area contributed by atoms with Crippen molar-refractivity contribution in [2.45, 2.75) is 39.7 Å². The molecule has 0 aliphatic heterocycles. The molecule has 0 saturated carbocycles. The molecule has 0 spiro atoms. The first-order valence-electron chi connectivity index (χ1n) is 14.4. The van der Waals surface area contributed by atoms with Crippen LogP contribution in [0.25, 0.3) is 11.0 Å². The number of fused-ring (bicyclic) bond motifs is 1. The minimum absolute atomic E-state index is 0.0872. The Balaban J connectivity index is 1.51. The molecular formula is C34H37N3O8. The summed E-state index contributed by atoms with van der Waals surface area (Å²) in [5, 5.41) is 5.85. The number of hydrogen-bond acceptors (Lipinski definition) is 8. The van der Waals surface area contributed by atoms with Gasteiger partial charge in [-0.15, -0.1) is 0 Å².